The number of anilines is 1. The summed E-state index contributed by atoms with van der Waals surface area (Å²) in [5.41, 5.74) is 1.14. The van der Waals surface area contributed by atoms with Gasteiger partial charge in [-0.25, -0.2) is 0 Å². The maximum Gasteiger partial charge on any atom is 0.305 e. The van der Waals surface area contributed by atoms with Crippen LogP contribution >= 0.6 is 11.8 Å². The van der Waals surface area contributed by atoms with E-state index in [-0.39, 0.29) is 17.8 Å². The SMILES string of the molecule is CNCCCCCC(=O)Nc1cc(C(=O)NCCCCCC(=O)OCCSCC2CCC(N=NC3CCCCC3)CC2)n(C)c1. The lowest BCUT2D eigenvalue weighted by Crippen LogP contribution is -2.26. The van der Waals surface area contributed by atoms with Crippen LogP contribution in [0.3, 0.4) is 0 Å². The molecule has 2 fully saturated rings. The Kier molecular flexibility index (Phi) is 18.3. The number of carbonyl (C=O) groups is 3. The van der Waals surface area contributed by atoms with E-state index in [0.29, 0.717) is 49.5 Å². The van der Waals surface area contributed by atoms with Crippen LogP contribution in [0.15, 0.2) is 22.5 Å². The minimum absolute atomic E-state index is 0.0317. The van der Waals surface area contributed by atoms with Gasteiger partial charge in [-0.3, -0.25) is 14.4 Å². The van der Waals surface area contributed by atoms with E-state index in [9.17, 15) is 14.4 Å². The van der Waals surface area contributed by atoms with Crippen LogP contribution in [0.2, 0.25) is 0 Å². The van der Waals surface area contributed by atoms with Crippen molar-refractivity contribution in [2.45, 2.75) is 121 Å². The predicted octanol–water partition coefficient (Wildman–Crippen LogP) is 6.65. The number of carbonyl (C=O) groups excluding carboxylic acids is 3. The maximum atomic E-state index is 12.6. The third-order valence-electron chi connectivity index (χ3n) is 8.82. The van der Waals surface area contributed by atoms with Gasteiger partial charge in [0.2, 0.25) is 5.91 Å². The number of aryl methyl sites for hydroxylation is 1. The van der Waals surface area contributed by atoms with Crippen LogP contribution in [0.1, 0.15) is 120 Å². The first kappa shape index (κ1) is 37.1. The highest BCUT2D eigenvalue weighted by Gasteiger charge is 2.22. The van der Waals surface area contributed by atoms with E-state index in [0.717, 1.165) is 75.3 Å². The molecule has 0 bridgehead atoms. The van der Waals surface area contributed by atoms with Gasteiger partial charge in [-0.15, -0.1) is 0 Å². The summed E-state index contributed by atoms with van der Waals surface area (Å²) < 4.78 is 7.15. The van der Waals surface area contributed by atoms with Gasteiger partial charge in [0.15, 0.2) is 0 Å². The second-order valence-electron chi connectivity index (χ2n) is 12.7. The molecule has 1 aromatic rings. The summed E-state index contributed by atoms with van der Waals surface area (Å²) in [5, 5.41) is 18.3. The normalized spacial score (nSPS) is 19.1. The molecule has 1 aromatic heterocycles. The van der Waals surface area contributed by atoms with E-state index in [2.05, 4.69) is 26.2 Å². The Hall–Kier alpha value is -2.40. The second-order valence-corrected chi connectivity index (χ2v) is 13.9. The van der Waals surface area contributed by atoms with E-state index in [4.69, 9.17) is 4.74 Å². The van der Waals surface area contributed by atoms with Gasteiger partial charge in [-0.1, -0.05) is 32.1 Å². The molecule has 11 heteroatoms. The highest BCUT2D eigenvalue weighted by molar-refractivity contribution is 7.99. The van der Waals surface area contributed by atoms with Gasteiger partial charge in [0.1, 0.15) is 12.3 Å². The smallest absolute Gasteiger partial charge is 0.305 e. The molecule has 3 rings (SSSR count). The fourth-order valence-corrected chi connectivity index (χ4v) is 7.09. The quantitative estimate of drug-likeness (QED) is 0.0780. The molecule has 3 N–H and O–H groups in total. The number of hydrogen-bond acceptors (Lipinski definition) is 8. The van der Waals surface area contributed by atoms with Crippen LogP contribution < -0.4 is 16.0 Å². The number of azo groups is 1. The zero-order chi connectivity index (χ0) is 32.1. The molecule has 0 radical (unpaired) electrons. The fraction of sp³-hybridized carbons (Fsp3) is 0.794. The largest absolute Gasteiger partial charge is 0.465 e. The molecular weight excluding hydrogens is 588 g/mol. The highest BCUT2D eigenvalue weighted by atomic mass is 32.2. The van der Waals surface area contributed by atoms with Crippen molar-refractivity contribution in [2.24, 2.45) is 23.2 Å². The first-order valence-corrected chi connectivity index (χ1v) is 18.6. The summed E-state index contributed by atoms with van der Waals surface area (Å²) in [6.45, 7) is 1.97. The minimum atomic E-state index is -0.171. The lowest BCUT2D eigenvalue weighted by atomic mass is 9.88. The van der Waals surface area contributed by atoms with E-state index in [1.54, 1.807) is 23.9 Å². The van der Waals surface area contributed by atoms with Crippen LogP contribution in [-0.4, -0.2) is 72.7 Å². The number of hydrogen-bond donors (Lipinski definition) is 3. The number of ether oxygens (including phenoxy) is 1. The Morgan fingerprint density at radius 3 is 2.31 bits per heavy atom. The summed E-state index contributed by atoms with van der Waals surface area (Å²) in [5.74, 6) is 2.38. The monoisotopic (exact) mass is 646 g/mol. The van der Waals surface area contributed by atoms with Crippen LogP contribution in [0.4, 0.5) is 5.69 Å². The molecular formula is C34H58N6O4S. The summed E-state index contributed by atoms with van der Waals surface area (Å²) in [7, 11) is 3.72. The molecule has 2 aliphatic carbocycles. The van der Waals surface area contributed by atoms with Gasteiger partial charge in [0.05, 0.1) is 17.8 Å². The van der Waals surface area contributed by atoms with Crippen molar-refractivity contribution in [3.05, 3.63) is 18.0 Å². The molecule has 2 amide bonds. The Morgan fingerprint density at radius 1 is 0.889 bits per heavy atom. The van der Waals surface area contributed by atoms with Gasteiger partial charge in [0.25, 0.3) is 5.91 Å². The molecule has 0 unspecified atom stereocenters. The van der Waals surface area contributed by atoms with Crippen LogP contribution in [0.25, 0.3) is 0 Å². The Labute approximate surface area is 275 Å². The Morgan fingerprint density at radius 2 is 1.58 bits per heavy atom. The molecule has 254 valence electrons. The summed E-state index contributed by atoms with van der Waals surface area (Å²) in [4.78, 5) is 36.9. The highest BCUT2D eigenvalue weighted by Crippen LogP contribution is 2.30. The first-order valence-electron chi connectivity index (χ1n) is 17.5. The first-order chi connectivity index (χ1) is 21.9. The summed E-state index contributed by atoms with van der Waals surface area (Å²) in [6, 6.07) is 2.61. The van der Waals surface area contributed by atoms with Crippen LogP contribution in [0, 0.1) is 5.92 Å². The zero-order valence-corrected chi connectivity index (χ0v) is 28.6. The lowest BCUT2D eigenvalue weighted by Gasteiger charge is -2.26. The molecule has 0 aromatic carbocycles. The average Bonchev–Trinajstić information content (AvgIpc) is 3.41. The topological polar surface area (TPSA) is 126 Å². The summed E-state index contributed by atoms with van der Waals surface area (Å²) >= 11 is 1.89. The number of amides is 2. The number of unbranched alkanes of at least 4 members (excludes halogenated alkanes) is 4. The lowest BCUT2D eigenvalue weighted by molar-refractivity contribution is -0.143. The Balaban J connectivity index is 1.14. The molecule has 10 nitrogen and oxygen atoms in total. The van der Waals surface area contributed by atoms with Crippen molar-refractivity contribution in [1.82, 2.24) is 15.2 Å². The molecule has 45 heavy (non-hydrogen) atoms. The van der Waals surface area contributed by atoms with Gasteiger partial charge < -0.3 is 25.3 Å². The maximum absolute atomic E-state index is 12.6. The average molecular weight is 647 g/mol. The number of nitrogens with zero attached hydrogens (tertiary/aromatic N) is 3. The third-order valence-corrected chi connectivity index (χ3v) is 9.99. The Bertz CT molecular complexity index is 1030. The van der Waals surface area contributed by atoms with E-state index in [1.165, 1.54) is 44.9 Å². The predicted molar refractivity (Wildman–Crippen MR) is 183 cm³/mol. The van der Waals surface area contributed by atoms with E-state index in [1.807, 2.05) is 18.8 Å². The molecule has 0 atom stereocenters. The van der Waals surface area contributed by atoms with Crippen molar-refractivity contribution >= 4 is 35.2 Å². The van der Waals surface area contributed by atoms with E-state index < -0.39 is 0 Å². The number of nitrogens with one attached hydrogen (secondary N) is 3. The third kappa shape index (κ3) is 15.6. The van der Waals surface area contributed by atoms with Crippen molar-refractivity contribution < 1.29 is 19.1 Å². The van der Waals surface area contributed by atoms with E-state index >= 15 is 0 Å². The van der Waals surface area contributed by atoms with Crippen molar-refractivity contribution in [2.75, 3.05) is 43.6 Å². The molecule has 0 spiro atoms. The van der Waals surface area contributed by atoms with Crippen molar-refractivity contribution in [3.8, 4) is 0 Å². The molecule has 2 aliphatic rings. The van der Waals surface area contributed by atoms with Crippen molar-refractivity contribution in [3.63, 3.8) is 0 Å². The second kappa shape index (κ2) is 22.2. The van der Waals surface area contributed by atoms with Gasteiger partial charge in [-0.05, 0) is 95.5 Å². The standard InChI is InChI=1S/C34H58N6O4S/c1-35-20-10-4-8-14-32(41)37-30-24-31(40(2)25-30)34(43)36-21-11-5-9-15-33(42)44-22-23-45-26-27-16-18-29(19-17-27)39-38-28-12-6-3-7-13-28/h24-25,27-29,35H,3-23,26H2,1-2H3,(H,36,43)(H,37,41). The molecule has 1 heterocycles. The fourth-order valence-electron chi connectivity index (χ4n) is 6.06. The van der Waals surface area contributed by atoms with Crippen molar-refractivity contribution in [1.29, 1.82) is 0 Å². The minimum Gasteiger partial charge on any atom is -0.465 e. The molecule has 0 saturated heterocycles. The number of thioether (sulfide) groups is 1. The number of rotatable bonds is 21. The van der Waals surface area contributed by atoms with Crippen LogP contribution in [-0.2, 0) is 21.4 Å². The van der Waals surface area contributed by atoms with Gasteiger partial charge in [0, 0.05) is 38.4 Å². The summed E-state index contributed by atoms with van der Waals surface area (Å²) in [6.07, 6.45) is 19.1. The molecule has 2 saturated carbocycles. The zero-order valence-electron chi connectivity index (χ0n) is 27.8. The van der Waals surface area contributed by atoms with Gasteiger partial charge in [-0.2, -0.15) is 22.0 Å². The number of aromatic nitrogens is 1. The van der Waals surface area contributed by atoms with Crippen LogP contribution in [0.5, 0.6) is 0 Å². The number of esters is 1. The van der Waals surface area contributed by atoms with Gasteiger partial charge >= 0.3 is 5.97 Å². The molecule has 0 aliphatic heterocycles.